The van der Waals surface area contributed by atoms with Gasteiger partial charge in [-0.2, -0.15) is 0 Å². The van der Waals surface area contributed by atoms with Crippen LogP contribution in [0.4, 0.5) is 0 Å². The Morgan fingerprint density at radius 2 is 2.56 bits per heavy atom. The number of epoxide rings is 1. The summed E-state index contributed by atoms with van der Waals surface area (Å²) in [6.07, 6.45) is 8.52. The van der Waals surface area contributed by atoms with Gasteiger partial charge in [0.05, 0.1) is 11.7 Å². The van der Waals surface area contributed by atoms with Gasteiger partial charge in [-0.05, 0) is 19.3 Å². The zero-order valence-corrected chi connectivity index (χ0v) is 5.76. The SMILES string of the molecule is CCC12CC=CCC1O2. The molecule has 0 radical (unpaired) electrons. The highest BCUT2D eigenvalue weighted by atomic mass is 16.6. The summed E-state index contributed by atoms with van der Waals surface area (Å²) in [6, 6.07) is 0. The van der Waals surface area contributed by atoms with Crippen molar-refractivity contribution >= 4 is 0 Å². The van der Waals surface area contributed by atoms with Crippen molar-refractivity contribution in [3.8, 4) is 0 Å². The van der Waals surface area contributed by atoms with E-state index in [4.69, 9.17) is 4.74 Å². The summed E-state index contributed by atoms with van der Waals surface area (Å²) in [5.41, 5.74) is 0.300. The average Bonchev–Trinajstić information content (AvgIpc) is 2.62. The Morgan fingerprint density at radius 1 is 1.67 bits per heavy atom. The highest BCUT2D eigenvalue weighted by Gasteiger charge is 2.54. The molecule has 2 atom stereocenters. The third-order valence-corrected chi connectivity index (χ3v) is 2.49. The molecule has 0 spiro atoms. The maximum atomic E-state index is 5.55. The van der Waals surface area contributed by atoms with Crippen LogP contribution in [0.5, 0.6) is 0 Å². The second-order valence-corrected chi connectivity index (χ2v) is 2.94. The van der Waals surface area contributed by atoms with Crippen molar-refractivity contribution in [3.05, 3.63) is 12.2 Å². The van der Waals surface area contributed by atoms with E-state index in [1.807, 2.05) is 0 Å². The second-order valence-electron chi connectivity index (χ2n) is 2.94. The average molecular weight is 124 g/mol. The van der Waals surface area contributed by atoms with Crippen LogP contribution in [-0.4, -0.2) is 11.7 Å². The molecule has 1 aliphatic heterocycles. The molecule has 1 fully saturated rings. The van der Waals surface area contributed by atoms with Crippen LogP contribution in [0.3, 0.4) is 0 Å². The summed E-state index contributed by atoms with van der Waals surface area (Å²) in [5, 5.41) is 0. The third-order valence-electron chi connectivity index (χ3n) is 2.49. The monoisotopic (exact) mass is 124 g/mol. The Morgan fingerprint density at radius 3 is 3.11 bits per heavy atom. The number of hydrogen-bond acceptors (Lipinski definition) is 1. The van der Waals surface area contributed by atoms with Gasteiger partial charge >= 0.3 is 0 Å². The van der Waals surface area contributed by atoms with Gasteiger partial charge in [0.15, 0.2) is 0 Å². The lowest BCUT2D eigenvalue weighted by Crippen LogP contribution is -2.14. The molecule has 1 heteroatoms. The van der Waals surface area contributed by atoms with Gasteiger partial charge in [0.1, 0.15) is 0 Å². The molecule has 0 N–H and O–H groups in total. The molecule has 0 aromatic rings. The lowest BCUT2D eigenvalue weighted by Gasteiger charge is -2.08. The second kappa shape index (κ2) is 1.60. The number of ether oxygens (including phenoxy) is 1. The minimum atomic E-state index is 0.300. The van der Waals surface area contributed by atoms with Crippen molar-refractivity contribution in [2.45, 2.75) is 37.9 Å². The van der Waals surface area contributed by atoms with Crippen LogP contribution < -0.4 is 0 Å². The highest BCUT2D eigenvalue weighted by Crippen LogP contribution is 2.47. The molecule has 0 saturated carbocycles. The maximum absolute atomic E-state index is 5.55. The van der Waals surface area contributed by atoms with Crippen LogP contribution in [0.15, 0.2) is 12.2 Å². The van der Waals surface area contributed by atoms with Crippen molar-refractivity contribution in [2.24, 2.45) is 0 Å². The number of rotatable bonds is 1. The van der Waals surface area contributed by atoms with Gasteiger partial charge in [-0.3, -0.25) is 0 Å². The van der Waals surface area contributed by atoms with E-state index in [1.165, 1.54) is 6.42 Å². The van der Waals surface area contributed by atoms with Crippen LogP contribution in [0.1, 0.15) is 26.2 Å². The van der Waals surface area contributed by atoms with Gasteiger partial charge in [-0.15, -0.1) is 0 Å². The molecule has 1 heterocycles. The molecule has 0 amide bonds. The third kappa shape index (κ3) is 0.645. The minimum Gasteiger partial charge on any atom is -0.365 e. The summed E-state index contributed by atoms with van der Waals surface area (Å²) in [4.78, 5) is 0. The molecule has 1 nitrogen and oxygen atoms in total. The fourth-order valence-corrected chi connectivity index (χ4v) is 1.65. The summed E-state index contributed by atoms with van der Waals surface area (Å²) in [5.74, 6) is 0. The zero-order chi connectivity index (χ0) is 6.32. The summed E-state index contributed by atoms with van der Waals surface area (Å²) >= 11 is 0. The van der Waals surface area contributed by atoms with E-state index in [9.17, 15) is 0 Å². The molecular weight excluding hydrogens is 112 g/mol. The van der Waals surface area contributed by atoms with Crippen molar-refractivity contribution in [2.75, 3.05) is 0 Å². The van der Waals surface area contributed by atoms with Gasteiger partial charge in [0, 0.05) is 0 Å². The number of hydrogen-bond donors (Lipinski definition) is 0. The van der Waals surface area contributed by atoms with Crippen molar-refractivity contribution in [1.29, 1.82) is 0 Å². The van der Waals surface area contributed by atoms with E-state index in [0.29, 0.717) is 11.7 Å². The molecule has 1 aliphatic carbocycles. The quantitative estimate of drug-likeness (QED) is 0.384. The van der Waals surface area contributed by atoms with Crippen LogP contribution in [0, 0.1) is 0 Å². The molecule has 2 unspecified atom stereocenters. The first-order valence-electron chi connectivity index (χ1n) is 3.70. The summed E-state index contributed by atoms with van der Waals surface area (Å²) < 4.78 is 5.55. The lowest BCUT2D eigenvalue weighted by molar-refractivity contribution is 0.290. The van der Waals surface area contributed by atoms with Crippen molar-refractivity contribution < 1.29 is 4.74 Å². The van der Waals surface area contributed by atoms with E-state index in [2.05, 4.69) is 19.1 Å². The summed E-state index contributed by atoms with van der Waals surface area (Å²) in [6.45, 7) is 2.21. The van der Waals surface area contributed by atoms with E-state index >= 15 is 0 Å². The fraction of sp³-hybridized carbons (Fsp3) is 0.750. The Bertz CT molecular complexity index is 151. The first-order chi connectivity index (χ1) is 4.37. The minimum absolute atomic E-state index is 0.300. The van der Waals surface area contributed by atoms with Crippen LogP contribution in [0.2, 0.25) is 0 Å². The lowest BCUT2D eigenvalue weighted by atomic mass is 9.92. The Balaban J connectivity index is 2.11. The van der Waals surface area contributed by atoms with Gasteiger partial charge in [-0.25, -0.2) is 0 Å². The normalized spacial score (nSPS) is 46.6. The first-order valence-corrected chi connectivity index (χ1v) is 3.70. The van der Waals surface area contributed by atoms with Gasteiger partial charge in [0.2, 0.25) is 0 Å². The molecule has 0 aromatic carbocycles. The van der Waals surface area contributed by atoms with Gasteiger partial charge < -0.3 is 4.74 Å². The van der Waals surface area contributed by atoms with E-state index < -0.39 is 0 Å². The molecule has 2 aliphatic rings. The molecule has 9 heavy (non-hydrogen) atoms. The maximum Gasteiger partial charge on any atom is 0.0983 e. The predicted molar refractivity (Wildman–Crippen MR) is 36.3 cm³/mol. The molecular formula is C8H12O. The highest BCUT2D eigenvalue weighted by molar-refractivity contribution is 5.13. The van der Waals surface area contributed by atoms with E-state index in [1.54, 1.807) is 0 Å². The van der Waals surface area contributed by atoms with Crippen molar-refractivity contribution in [3.63, 3.8) is 0 Å². The molecule has 1 saturated heterocycles. The molecule has 0 bridgehead atoms. The molecule has 50 valence electrons. The summed E-state index contributed by atoms with van der Waals surface area (Å²) in [7, 11) is 0. The number of fused-ring (bicyclic) bond motifs is 1. The Labute approximate surface area is 55.7 Å². The largest absolute Gasteiger partial charge is 0.365 e. The van der Waals surface area contributed by atoms with E-state index in [-0.39, 0.29) is 0 Å². The Hall–Kier alpha value is -0.300. The van der Waals surface area contributed by atoms with Crippen LogP contribution >= 0.6 is 0 Å². The van der Waals surface area contributed by atoms with Crippen LogP contribution in [0.25, 0.3) is 0 Å². The van der Waals surface area contributed by atoms with Gasteiger partial charge in [-0.1, -0.05) is 19.1 Å². The van der Waals surface area contributed by atoms with Gasteiger partial charge in [0.25, 0.3) is 0 Å². The predicted octanol–water partition coefficient (Wildman–Crippen LogP) is 1.88. The fourth-order valence-electron chi connectivity index (χ4n) is 1.65. The standard InChI is InChI=1S/C8H12O/c1-2-8-6-4-3-5-7(8)9-8/h3-4,7H,2,5-6H2,1H3. The topological polar surface area (TPSA) is 12.5 Å². The molecule has 0 aromatic heterocycles. The van der Waals surface area contributed by atoms with Crippen LogP contribution in [-0.2, 0) is 4.74 Å². The smallest absolute Gasteiger partial charge is 0.0983 e. The Kier molecular flexibility index (Phi) is 0.974. The van der Waals surface area contributed by atoms with E-state index in [0.717, 1.165) is 12.8 Å². The molecule has 2 rings (SSSR count). The first kappa shape index (κ1) is 5.48. The zero-order valence-electron chi connectivity index (χ0n) is 5.76. The van der Waals surface area contributed by atoms with Crippen molar-refractivity contribution in [1.82, 2.24) is 0 Å².